The Kier molecular flexibility index (Phi) is 6.16. The summed E-state index contributed by atoms with van der Waals surface area (Å²) in [7, 11) is -3.69. The summed E-state index contributed by atoms with van der Waals surface area (Å²) in [5.41, 5.74) is 0.266. The van der Waals surface area contributed by atoms with Crippen LogP contribution in [0.15, 0.2) is 52.7 Å². The van der Waals surface area contributed by atoms with Gasteiger partial charge in [0.1, 0.15) is 0 Å². The average Bonchev–Trinajstić information content (AvgIpc) is 3.33. The van der Waals surface area contributed by atoms with Crippen LogP contribution < -0.4 is 5.56 Å². The predicted molar refractivity (Wildman–Crippen MR) is 121 cm³/mol. The van der Waals surface area contributed by atoms with Gasteiger partial charge in [-0.3, -0.25) is 9.59 Å². The number of sulfonamides is 1. The lowest BCUT2D eigenvalue weighted by atomic mass is 10.0. The highest BCUT2D eigenvalue weighted by Gasteiger charge is 2.27. The fourth-order valence-electron chi connectivity index (χ4n) is 4.31. The van der Waals surface area contributed by atoms with E-state index in [0.29, 0.717) is 37.1 Å². The Morgan fingerprint density at radius 2 is 1.91 bits per heavy atom. The molecule has 1 amide bonds. The van der Waals surface area contributed by atoms with E-state index in [-0.39, 0.29) is 22.4 Å². The molecule has 0 saturated carbocycles. The molecule has 2 aromatic heterocycles. The van der Waals surface area contributed by atoms with Crippen LogP contribution >= 0.6 is 0 Å². The van der Waals surface area contributed by atoms with Crippen LogP contribution in [0.1, 0.15) is 43.1 Å². The fourth-order valence-corrected chi connectivity index (χ4v) is 5.79. The maximum Gasteiger partial charge on any atom is 0.254 e. The third kappa shape index (κ3) is 4.07. The number of benzene rings is 1. The zero-order chi connectivity index (χ0) is 22.9. The van der Waals surface area contributed by atoms with Crippen LogP contribution in [0, 0.1) is 0 Å². The zero-order valence-corrected chi connectivity index (χ0v) is 19.0. The lowest BCUT2D eigenvalue weighted by molar-refractivity contribution is 0.0696. The number of fused-ring (bicyclic) bond motifs is 1. The molecule has 1 N–H and O–H groups in total. The Bertz CT molecular complexity index is 1270. The molecular weight excluding hydrogens is 430 g/mol. The third-order valence-electron chi connectivity index (χ3n) is 6.09. The number of rotatable bonds is 6. The summed E-state index contributed by atoms with van der Waals surface area (Å²) in [6, 6.07) is 6.06. The van der Waals surface area contributed by atoms with E-state index in [4.69, 9.17) is 0 Å². The normalized spacial score (nSPS) is 15.5. The van der Waals surface area contributed by atoms with Gasteiger partial charge in [-0.1, -0.05) is 13.8 Å². The second-order valence-electron chi connectivity index (χ2n) is 7.88. The first-order valence-corrected chi connectivity index (χ1v) is 12.2. The molecule has 9 nitrogen and oxygen atoms in total. The smallest absolute Gasteiger partial charge is 0.254 e. The van der Waals surface area contributed by atoms with Crippen molar-refractivity contribution in [3.05, 3.63) is 58.9 Å². The lowest BCUT2D eigenvalue weighted by Crippen LogP contribution is -2.39. The van der Waals surface area contributed by atoms with Gasteiger partial charge in [-0.05, 0) is 31.0 Å². The van der Waals surface area contributed by atoms with Gasteiger partial charge in [-0.25, -0.2) is 13.4 Å². The molecule has 1 aliphatic heterocycles. The summed E-state index contributed by atoms with van der Waals surface area (Å²) in [5, 5.41) is 0.430. The van der Waals surface area contributed by atoms with Crippen LogP contribution in [0.4, 0.5) is 0 Å². The molecule has 0 aliphatic carbocycles. The summed E-state index contributed by atoms with van der Waals surface area (Å²) in [6.07, 6.45) is 7.01. The number of nitrogens with one attached hydrogen (secondary N) is 1. The van der Waals surface area contributed by atoms with Crippen molar-refractivity contribution in [1.29, 1.82) is 0 Å². The number of nitrogens with zero attached hydrogens (tertiary/aromatic N) is 4. The van der Waals surface area contributed by atoms with Gasteiger partial charge in [0, 0.05) is 61.6 Å². The van der Waals surface area contributed by atoms with Gasteiger partial charge in [0.2, 0.25) is 15.6 Å². The van der Waals surface area contributed by atoms with Crippen molar-refractivity contribution in [1.82, 2.24) is 23.7 Å². The summed E-state index contributed by atoms with van der Waals surface area (Å²) < 4.78 is 29.4. The standard InChI is InChI=1S/C22H27N5O4S/c1-3-27(4-2)32(30,31)17-5-6-20-18(13-17)19(14-21(28)24-20)22(29)25-10-7-16(8-11-25)26-12-9-23-15-26/h5-6,9,12-16H,3-4,7-8,10-11H2,1-2H3,(H,24,28). The zero-order valence-electron chi connectivity index (χ0n) is 18.2. The van der Waals surface area contributed by atoms with Crippen LogP contribution in [0.25, 0.3) is 10.9 Å². The molecule has 1 saturated heterocycles. The lowest BCUT2D eigenvalue weighted by Gasteiger charge is -2.32. The Morgan fingerprint density at radius 3 is 2.53 bits per heavy atom. The van der Waals surface area contributed by atoms with Crippen molar-refractivity contribution in [2.75, 3.05) is 26.2 Å². The largest absolute Gasteiger partial charge is 0.338 e. The van der Waals surface area contributed by atoms with Gasteiger partial charge >= 0.3 is 0 Å². The first-order chi connectivity index (χ1) is 15.3. The number of aromatic amines is 1. The van der Waals surface area contributed by atoms with E-state index in [9.17, 15) is 18.0 Å². The van der Waals surface area contributed by atoms with Gasteiger partial charge < -0.3 is 14.5 Å². The number of aromatic nitrogens is 3. The monoisotopic (exact) mass is 457 g/mol. The van der Waals surface area contributed by atoms with Crippen molar-refractivity contribution in [2.45, 2.75) is 37.6 Å². The topological polar surface area (TPSA) is 108 Å². The van der Waals surface area contributed by atoms with E-state index in [2.05, 4.69) is 14.5 Å². The summed E-state index contributed by atoms with van der Waals surface area (Å²) in [5.74, 6) is -0.262. The average molecular weight is 458 g/mol. The number of carbonyl (C=O) groups excluding carboxylic acids is 1. The maximum atomic E-state index is 13.4. The van der Waals surface area contributed by atoms with Crippen molar-refractivity contribution in [3.8, 4) is 0 Å². The van der Waals surface area contributed by atoms with Crippen molar-refractivity contribution >= 4 is 26.8 Å². The second-order valence-corrected chi connectivity index (χ2v) is 9.82. The number of hydrogen-bond donors (Lipinski definition) is 1. The number of likely N-dealkylation sites (tertiary alicyclic amines) is 1. The highest BCUT2D eigenvalue weighted by molar-refractivity contribution is 7.89. The Balaban J connectivity index is 1.67. The number of imidazole rings is 1. The van der Waals surface area contributed by atoms with E-state index < -0.39 is 15.6 Å². The summed E-state index contributed by atoms with van der Waals surface area (Å²) in [6.45, 7) is 5.35. The fraction of sp³-hybridized carbons (Fsp3) is 0.409. The number of H-pyrrole nitrogens is 1. The van der Waals surface area contributed by atoms with E-state index in [1.54, 1.807) is 37.3 Å². The third-order valence-corrected chi connectivity index (χ3v) is 8.13. The molecular formula is C22H27N5O4S. The highest BCUT2D eigenvalue weighted by atomic mass is 32.2. The summed E-state index contributed by atoms with van der Waals surface area (Å²) >= 11 is 0. The molecule has 1 aliphatic rings. The Morgan fingerprint density at radius 1 is 1.19 bits per heavy atom. The maximum absolute atomic E-state index is 13.4. The number of amides is 1. The van der Waals surface area contributed by atoms with Gasteiger partial charge in [0.25, 0.3) is 5.91 Å². The van der Waals surface area contributed by atoms with Crippen LogP contribution in [0.5, 0.6) is 0 Å². The highest BCUT2D eigenvalue weighted by Crippen LogP contribution is 2.26. The van der Waals surface area contributed by atoms with Crippen LogP contribution in [-0.4, -0.2) is 64.2 Å². The van der Waals surface area contributed by atoms with Crippen LogP contribution in [0.2, 0.25) is 0 Å². The Hall–Kier alpha value is -2.98. The molecule has 32 heavy (non-hydrogen) atoms. The quantitative estimate of drug-likeness (QED) is 0.611. The number of carbonyl (C=O) groups is 1. The SMILES string of the molecule is CCN(CC)S(=O)(=O)c1ccc2[nH]c(=O)cc(C(=O)N3CCC(n4ccnc4)CC3)c2c1. The molecule has 1 fully saturated rings. The molecule has 0 atom stereocenters. The van der Waals surface area contributed by atoms with Crippen LogP contribution in [-0.2, 0) is 10.0 Å². The first-order valence-electron chi connectivity index (χ1n) is 10.8. The molecule has 170 valence electrons. The van der Waals surface area contributed by atoms with Crippen molar-refractivity contribution in [2.24, 2.45) is 0 Å². The predicted octanol–water partition coefficient (Wildman–Crippen LogP) is 2.23. The number of piperidine rings is 1. The van der Waals surface area contributed by atoms with E-state index >= 15 is 0 Å². The van der Waals surface area contributed by atoms with Gasteiger partial charge in [-0.15, -0.1) is 0 Å². The molecule has 0 unspecified atom stereocenters. The van der Waals surface area contributed by atoms with E-state index in [0.717, 1.165) is 12.8 Å². The van der Waals surface area contributed by atoms with Gasteiger partial charge in [0.15, 0.2) is 0 Å². The molecule has 3 heterocycles. The number of hydrogen-bond acceptors (Lipinski definition) is 5. The van der Waals surface area contributed by atoms with Crippen molar-refractivity contribution < 1.29 is 13.2 Å². The minimum atomic E-state index is -3.69. The minimum absolute atomic E-state index is 0.105. The Labute approximate surface area is 186 Å². The molecule has 10 heteroatoms. The molecule has 0 bridgehead atoms. The first kappa shape index (κ1) is 22.2. The molecule has 1 aromatic carbocycles. The van der Waals surface area contributed by atoms with Crippen LogP contribution in [0.3, 0.4) is 0 Å². The second kappa shape index (κ2) is 8.87. The van der Waals surface area contributed by atoms with Gasteiger partial charge in [0.05, 0.1) is 16.8 Å². The summed E-state index contributed by atoms with van der Waals surface area (Å²) in [4.78, 5) is 34.2. The molecule has 0 radical (unpaired) electrons. The van der Waals surface area contributed by atoms with E-state index in [1.807, 2.05) is 6.20 Å². The van der Waals surface area contributed by atoms with Gasteiger partial charge in [-0.2, -0.15) is 4.31 Å². The number of pyridine rings is 1. The molecule has 3 aromatic rings. The molecule has 0 spiro atoms. The molecule has 4 rings (SSSR count). The minimum Gasteiger partial charge on any atom is -0.338 e. The van der Waals surface area contributed by atoms with Crippen molar-refractivity contribution in [3.63, 3.8) is 0 Å². The van der Waals surface area contributed by atoms with E-state index in [1.165, 1.54) is 22.5 Å².